The number of ketones is 1. The van der Waals surface area contributed by atoms with Crippen LogP contribution < -0.4 is 4.74 Å². The van der Waals surface area contributed by atoms with Crippen LogP contribution in [0.25, 0.3) is 0 Å². The van der Waals surface area contributed by atoms with E-state index in [-0.39, 0.29) is 44.5 Å². The number of hydrogen-bond acceptors (Lipinski definition) is 5. The van der Waals surface area contributed by atoms with Gasteiger partial charge in [0.2, 0.25) is 10.0 Å². The van der Waals surface area contributed by atoms with Crippen LogP contribution in [0.15, 0.2) is 53.4 Å². The largest absolute Gasteiger partial charge is 0.484 e. The van der Waals surface area contributed by atoms with Crippen LogP contribution in [-0.2, 0) is 21.0 Å². The number of benzene rings is 2. The van der Waals surface area contributed by atoms with Crippen molar-refractivity contribution < 1.29 is 35.9 Å². The van der Waals surface area contributed by atoms with Gasteiger partial charge in [0.05, 0.1) is 10.5 Å². The minimum atomic E-state index is -4.65. The first-order valence-corrected chi connectivity index (χ1v) is 11.7. The van der Waals surface area contributed by atoms with E-state index in [9.17, 15) is 31.2 Å². The number of sulfonamides is 1. The average Bonchev–Trinajstić information content (AvgIpc) is 2.82. The summed E-state index contributed by atoms with van der Waals surface area (Å²) in [6, 6.07) is 10.0. The standard InChI is InChI=1S/C22H23F3N2O5S/c1-2-20(28)16-6-8-18(9-7-16)32-15-21(29)26-10-12-27(13-11-26)33(30,31)19-5-3-4-17(14-19)22(23,24)25/h3-9,14H,2,10-13,15H2,1H3. The Morgan fingerprint density at radius 2 is 1.64 bits per heavy atom. The van der Waals surface area contributed by atoms with Crippen molar-refractivity contribution in [2.24, 2.45) is 0 Å². The lowest BCUT2D eigenvalue weighted by Gasteiger charge is -2.34. The molecule has 3 rings (SSSR count). The van der Waals surface area contributed by atoms with E-state index in [2.05, 4.69) is 0 Å². The second-order valence-electron chi connectivity index (χ2n) is 7.40. The number of piperazine rings is 1. The van der Waals surface area contributed by atoms with E-state index in [1.807, 2.05) is 0 Å². The van der Waals surface area contributed by atoms with Crippen LogP contribution in [0.2, 0.25) is 0 Å². The van der Waals surface area contributed by atoms with Crippen LogP contribution in [0.3, 0.4) is 0 Å². The van der Waals surface area contributed by atoms with E-state index >= 15 is 0 Å². The Hall–Kier alpha value is -2.92. The maximum absolute atomic E-state index is 12.9. The van der Waals surface area contributed by atoms with Crippen LogP contribution in [0.4, 0.5) is 13.2 Å². The molecule has 0 unspecified atom stereocenters. The van der Waals surface area contributed by atoms with E-state index in [4.69, 9.17) is 4.74 Å². The fourth-order valence-electron chi connectivity index (χ4n) is 3.34. The molecule has 1 aliphatic rings. The number of hydrogen-bond donors (Lipinski definition) is 0. The van der Waals surface area contributed by atoms with Crippen LogP contribution in [0, 0.1) is 0 Å². The third-order valence-electron chi connectivity index (χ3n) is 5.25. The fraction of sp³-hybridized carbons (Fsp3) is 0.364. The first-order chi connectivity index (χ1) is 15.5. The van der Waals surface area contributed by atoms with Gasteiger partial charge in [0.15, 0.2) is 12.4 Å². The molecule has 2 aromatic carbocycles. The van der Waals surface area contributed by atoms with E-state index in [0.29, 0.717) is 23.8 Å². The summed E-state index contributed by atoms with van der Waals surface area (Å²) in [5, 5.41) is 0. The predicted octanol–water partition coefficient (Wildman–Crippen LogP) is 3.21. The third kappa shape index (κ3) is 5.91. The molecule has 0 aromatic heterocycles. The van der Waals surface area contributed by atoms with Gasteiger partial charge in [-0.05, 0) is 42.5 Å². The average molecular weight is 484 g/mol. The molecule has 0 saturated carbocycles. The number of carbonyl (C=O) groups excluding carboxylic acids is 2. The molecule has 2 aromatic rings. The molecule has 1 heterocycles. The van der Waals surface area contributed by atoms with Gasteiger partial charge >= 0.3 is 6.18 Å². The molecule has 1 amide bonds. The molecule has 178 valence electrons. The van der Waals surface area contributed by atoms with Crippen molar-refractivity contribution in [3.05, 3.63) is 59.7 Å². The Balaban J connectivity index is 1.56. The lowest BCUT2D eigenvalue weighted by atomic mass is 10.1. The van der Waals surface area contributed by atoms with Crippen molar-refractivity contribution in [1.82, 2.24) is 9.21 Å². The Kier molecular flexibility index (Phi) is 7.43. The Bertz CT molecular complexity index is 1110. The summed E-state index contributed by atoms with van der Waals surface area (Å²) in [7, 11) is -4.13. The van der Waals surface area contributed by atoms with Gasteiger partial charge in [0, 0.05) is 38.2 Å². The van der Waals surface area contributed by atoms with Crippen LogP contribution in [0.5, 0.6) is 5.75 Å². The summed E-state index contributed by atoms with van der Waals surface area (Å²) < 4.78 is 70.8. The Labute approximate surface area is 189 Å². The highest BCUT2D eigenvalue weighted by Crippen LogP contribution is 2.31. The van der Waals surface area contributed by atoms with Gasteiger partial charge in [-0.25, -0.2) is 8.42 Å². The zero-order valence-corrected chi connectivity index (χ0v) is 18.7. The van der Waals surface area contributed by atoms with Gasteiger partial charge in [-0.3, -0.25) is 9.59 Å². The lowest BCUT2D eigenvalue weighted by Crippen LogP contribution is -2.51. The summed E-state index contributed by atoms with van der Waals surface area (Å²) in [5.41, 5.74) is -0.490. The zero-order valence-electron chi connectivity index (χ0n) is 17.8. The number of ether oxygens (including phenoxy) is 1. The molecule has 33 heavy (non-hydrogen) atoms. The van der Waals surface area contributed by atoms with Crippen molar-refractivity contribution in [3.63, 3.8) is 0 Å². The molecule has 1 aliphatic heterocycles. The molecule has 0 N–H and O–H groups in total. The number of halogens is 3. The third-order valence-corrected chi connectivity index (χ3v) is 7.14. The number of nitrogens with zero attached hydrogens (tertiary/aromatic N) is 2. The van der Waals surface area contributed by atoms with E-state index in [1.165, 1.54) is 4.90 Å². The smallest absolute Gasteiger partial charge is 0.416 e. The molecule has 0 spiro atoms. The topological polar surface area (TPSA) is 84.0 Å². The highest BCUT2D eigenvalue weighted by molar-refractivity contribution is 7.89. The van der Waals surface area contributed by atoms with Gasteiger partial charge in [-0.2, -0.15) is 17.5 Å². The quantitative estimate of drug-likeness (QED) is 0.564. The number of Topliss-reactive ketones (excluding diaryl/α,β-unsaturated/α-hetero) is 1. The Morgan fingerprint density at radius 1 is 1.00 bits per heavy atom. The molecule has 0 atom stereocenters. The van der Waals surface area contributed by atoms with E-state index in [0.717, 1.165) is 22.5 Å². The number of rotatable bonds is 7. The molecule has 1 fully saturated rings. The summed E-state index contributed by atoms with van der Waals surface area (Å²) in [5.74, 6) is 0.0668. The van der Waals surface area contributed by atoms with E-state index in [1.54, 1.807) is 31.2 Å². The lowest BCUT2D eigenvalue weighted by molar-refractivity contribution is -0.138. The molecule has 7 nitrogen and oxygen atoms in total. The van der Waals surface area contributed by atoms with Crippen molar-refractivity contribution in [2.75, 3.05) is 32.8 Å². The first-order valence-electron chi connectivity index (χ1n) is 10.2. The molecule has 0 radical (unpaired) electrons. The summed E-state index contributed by atoms with van der Waals surface area (Å²) in [6.45, 7) is 1.59. The van der Waals surface area contributed by atoms with Crippen molar-refractivity contribution in [3.8, 4) is 5.75 Å². The minimum absolute atomic E-state index is 0.00409. The van der Waals surface area contributed by atoms with Crippen molar-refractivity contribution >= 4 is 21.7 Å². The van der Waals surface area contributed by atoms with Gasteiger partial charge in [0.1, 0.15) is 5.75 Å². The molecular weight excluding hydrogens is 461 g/mol. The molecule has 0 bridgehead atoms. The van der Waals surface area contributed by atoms with Gasteiger partial charge in [0.25, 0.3) is 5.91 Å². The minimum Gasteiger partial charge on any atom is -0.484 e. The monoisotopic (exact) mass is 484 g/mol. The van der Waals surface area contributed by atoms with Gasteiger partial charge < -0.3 is 9.64 Å². The second-order valence-corrected chi connectivity index (χ2v) is 9.34. The second kappa shape index (κ2) is 9.92. The number of alkyl halides is 3. The fourth-order valence-corrected chi connectivity index (χ4v) is 4.81. The summed E-state index contributed by atoms with van der Waals surface area (Å²) in [4.78, 5) is 25.1. The first kappa shape index (κ1) is 24.7. The molecule has 11 heteroatoms. The molecular formula is C22H23F3N2O5S. The maximum atomic E-state index is 12.9. The van der Waals surface area contributed by atoms with Gasteiger partial charge in [-0.1, -0.05) is 13.0 Å². The summed E-state index contributed by atoms with van der Waals surface area (Å²) >= 11 is 0. The van der Waals surface area contributed by atoms with Crippen LogP contribution in [0.1, 0.15) is 29.3 Å². The zero-order chi connectivity index (χ0) is 24.2. The van der Waals surface area contributed by atoms with Gasteiger partial charge in [-0.15, -0.1) is 0 Å². The number of amides is 1. The predicted molar refractivity (Wildman–Crippen MR) is 113 cm³/mol. The molecule has 1 saturated heterocycles. The maximum Gasteiger partial charge on any atom is 0.416 e. The number of carbonyl (C=O) groups is 2. The van der Waals surface area contributed by atoms with Crippen LogP contribution in [-0.4, -0.2) is 62.1 Å². The summed E-state index contributed by atoms with van der Waals surface area (Å²) in [6.07, 6.45) is -4.27. The normalized spacial score (nSPS) is 15.3. The van der Waals surface area contributed by atoms with Crippen molar-refractivity contribution in [2.45, 2.75) is 24.4 Å². The SMILES string of the molecule is CCC(=O)c1ccc(OCC(=O)N2CCN(S(=O)(=O)c3cccc(C(F)(F)F)c3)CC2)cc1. The highest BCUT2D eigenvalue weighted by atomic mass is 32.2. The molecule has 0 aliphatic carbocycles. The Morgan fingerprint density at radius 3 is 2.21 bits per heavy atom. The highest BCUT2D eigenvalue weighted by Gasteiger charge is 2.34. The van der Waals surface area contributed by atoms with E-state index < -0.39 is 26.7 Å². The van der Waals surface area contributed by atoms with Crippen LogP contribution >= 0.6 is 0 Å². The van der Waals surface area contributed by atoms with Crippen molar-refractivity contribution in [1.29, 1.82) is 0 Å².